The van der Waals surface area contributed by atoms with Gasteiger partial charge < -0.3 is 0 Å². The number of hydrogen-bond acceptors (Lipinski definition) is 5. The number of carbonyl (C=O) groups excluding carboxylic acids is 1. The Balaban J connectivity index is 1.65. The van der Waals surface area contributed by atoms with E-state index in [0.29, 0.717) is 27.4 Å². The van der Waals surface area contributed by atoms with Crippen LogP contribution in [0.25, 0.3) is 22.4 Å². The molecule has 33 heavy (non-hydrogen) atoms. The molecule has 0 unspecified atom stereocenters. The van der Waals surface area contributed by atoms with Crippen LogP contribution in [0.5, 0.6) is 0 Å². The van der Waals surface area contributed by atoms with E-state index in [-0.39, 0.29) is 17.1 Å². The molecule has 2 aromatic heterocycles. The second-order valence-electron chi connectivity index (χ2n) is 7.78. The zero-order valence-corrected chi connectivity index (χ0v) is 18.8. The molecule has 0 aliphatic rings. The highest BCUT2D eigenvalue weighted by molar-refractivity contribution is 7.99. The Hall–Kier alpha value is -3.78. The zero-order valence-electron chi connectivity index (χ0n) is 17.9. The van der Waals surface area contributed by atoms with Crippen molar-refractivity contribution in [2.75, 3.05) is 5.75 Å². The molecule has 6 nitrogen and oxygen atoms in total. The highest BCUT2D eigenvalue weighted by Gasteiger charge is 2.19. The fraction of sp³-hybridized carbons (Fsp3) is 0.120. The Morgan fingerprint density at radius 3 is 2.52 bits per heavy atom. The van der Waals surface area contributed by atoms with E-state index >= 15 is 0 Å². The van der Waals surface area contributed by atoms with Crippen molar-refractivity contribution in [1.29, 1.82) is 0 Å². The second-order valence-corrected chi connectivity index (χ2v) is 8.73. The van der Waals surface area contributed by atoms with E-state index in [1.54, 1.807) is 15.0 Å². The van der Waals surface area contributed by atoms with Gasteiger partial charge in [0.2, 0.25) is 5.78 Å². The Morgan fingerprint density at radius 2 is 1.76 bits per heavy atom. The Bertz CT molecular complexity index is 1590. The molecule has 0 aliphatic heterocycles. The first-order chi connectivity index (χ1) is 15.9. The molecular weight excluding hydrogens is 439 g/mol. The lowest BCUT2D eigenvalue weighted by molar-refractivity contribution is 0.102. The van der Waals surface area contributed by atoms with Crippen molar-refractivity contribution in [2.45, 2.75) is 19.0 Å². The van der Waals surface area contributed by atoms with Crippen LogP contribution in [0, 0.1) is 19.7 Å². The fourth-order valence-electron chi connectivity index (χ4n) is 3.89. The summed E-state index contributed by atoms with van der Waals surface area (Å²) in [6, 6.07) is 18.6. The predicted molar refractivity (Wildman–Crippen MR) is 127 cm³/mol. The first-order valence-electron chi connectivity index (χ1n) is 10.3. The molecule has 164 valence electrons. The molecule has 0 saturated heterocycles. The van der Waals surface area contributed by atoms with Crippen molar-refractivity contribution in [3.05, 3.63) is 99.6 Å². The highest BCUT2D eigenvalue weighted by Crippen LogP contribution is 2.25. The summed E-state index contributed by atoms with van der Waals surface area (Å²) < 4.78 is 16.5. The third-order valence-electron chi connectivity index (χ3n) is 5.49. The van der Waals surface area contributed by atoms with Gasteiger partial charge in [0.05, 0.1) is 22.3 Å². The Kier molecular flexibility index (Phi) is 5.30. The number of hydrogen-bond donors (Lipinski definition) is 0. The molecule has 0 saturated carbocycles. The number of benzene rings is 3. The fourth-order valence-corrected chi connectivity index (χ4v) is 4.73. The minimum atomic E-state index is -0.390. The monoisotopic (exact) mass is 458 g/mol. The molecule has 5 rings (SSSR count). The lowest BCUT2D eigenvalue weighted by Gasteiger charge is -2.13. The molecule has 3 aromatic carbocycles. The van der Waals surface area contributed by atoms with Gasteiger partial charge in [-0.2, -0.15) is 0 Å². The quantitative estimate of drug-likeness (QED) is 0.280. The summed E-state index contributed by atoms with van der Waals surface area (Å²) in [5, 5.41) is 9.65. The topological polar surface area (TPSA) is 69.3 Å². The van der Waals surface area contributed by atoms with Gasteiger partial charge in [-0.3, -0.25) is 14.0 Å². The van der Waals surface area contributed by atoms with Crippen LogP contribution in [0.2, 0.25) is 0 Å². The first-order valence-corrected chi connectivity index (χ1v) is 11.3. The maximum atomic E-state index is 13.5. The van der Waals surface area contributed by atoms with Gasteiger partial charge in [0, 0.05) is 5.56 Å². The first kappa shape index (κ1) is 21.1. The number of aryl methyl sites for hydroxylation is 2. The molecule has 5 aromatic rings. The molecule has 0 atom stereocenters. The van der Waals surface area contributed by atoms with Gasteiger partial charge >= 0.3 is 0 Å². The number of rotatable bonds is 5. The van der Waals surface area contributed by atoms with E-state index in [9.17, 15) is 14.0 Å². The smallest absolute Gasteiger partial charge is 0.267 e. The lowest BCUT2D eigenvalue weighted by atomic mass is 10.1. The number of carbonyl (C=O) groups is 1. The summed E-state index contributed by atoms with van der Waals surface area (Å²) in [5.74, 6) is -0.0617. The number of para-hydroxylation sites is 1. The molecule has 2 heterocycles. The summed E-state index contributed by atoms with van der Waals surface area (Å²) in [4.78, 5) is 26.1. The van der Waals surface area contributed by atoms with Crippen LogP contribution in [0.3, 0.4) is 0 Å². The van der Waals surface area contributed by atoms with Gasteiger partial charge in [0.15, 0.2) is 10.9 Å². The maximum absolute atomic E-state index is 13.5. The predicted octanol–water partition coefficient (Wildman–Crippen LogP) is 4.76. The van der Waals surface area contributed by atoms with Crippen LogP contribution in [-0.2, 0) is 0 Å². The van der Waals surface area contributed by atoms with Gasteiger partial charge in [0.1, 0.15) is 5.82 Å². The number of fused-ring (bicyclic) bond motifs is 3. The summed E-state index contributed by atoms with van der Waals surface area (Å²) in [6.45, 7) is 3.95. The van der Waals surface area contributed by atoms with E-state index in [1.165, 1.54) is 36.0 Å². The number of Topliss-reactive ketones (excluding diaryl/α,β-unsaturated/α-hetero) is 1. The third-order valence-corrected chi connectivity index (χ3v) is 6.42. The summed E-state index contributed by atoms with van der Waals surface area (Å²) in [7, 11) is 0. The van der Waals surface area contributed by atoms with Crippen molar-refractivity contribution in [3.63, 3.8) is 0 Å². The number of halogens is 1. The Morgan fingerprint density at radius 1 is 1.00 bits per heavy atom. The highest BCUT2D eigenvalue weighted by atomic mass is 32.2. The van der Waals surface area contributed by atoms with Crippen molar-refractivity contribution < 1.29 is 9.18 Å². The number of aromatic nitrogens is 4. The van der Waals surface area contributed by atoms with Gasteiger partial charge in [-0.15, -0.1) is 10.2 Å². The number of nitrogens with zero attached hydrogens (tertiary/aromatic N) is 4. The summed E-state index contributed by atoms with van der Waals surface area (Å²) in [6.07, 6.45) is 0. The number of thioether (sulfide) groups is 1. The SMILES string of the molecule is Cc1ccc(-n2c(=O)c3ccccc3n3c(SCC(=O)c4ccc(F)cc4)nnc23)c(C)c1. The average molecular weight is 459 g/mol. The second kappa shape index (κ2) is 8.29. The number of ketones is 1. The average Bonchev–Trinajstić information content (AvgIpc) is 3.23. The largest absolute Gasteiger partial charge is 0.293 e. The molecule has 0 spiro atoms. The standard InChI is InChI=1S/C25H19FN4O2S/c1-15-7-12-20(16(2)13-15)29-23(32)19-5-3-4-6-21(19)30-24(29)27-28-25(30)33-14-22(31)17-8-10-18(26)11-9-17/h3-13H,14H2,1-2H3. The van der Waals surface area contributed by atoms with Crippen LogP contribution >= 0.6 is 11.8 Å². The molecule has 0 N–H and O–H groups in total. The lowest BCUT2D eigenvalue weighted by Crippen LogP contribution is -2.22. The van der Waals surface area contributed by atoms with Crippen molar-refractivity contribution in [2.24, 2.45) is 0 Å². The van der Waals surface area contributed by atoms with Gasteiger partial charge in [0.25, 0.3) is 5.56 Å². The normalized spacial score (nSPS) is 11.4. The van der Waals surface area contributed by atoms with Crippen LogP contribution in [0.15, 0.2) is 76.7 Å². The van der Waals surface area contributed by atoms with Gasteiger partial charge in [-0.05, 0) is 61.9 Å². The minimum absolute atomic E-state index is 0.101. The van der Waals surface area contributed by atoms with Crippen LogP contribution in [0.4, 0.5) is 4.39 Å². The molecule has 0 amide bonds. The van der Waals surface area contributed by atoms with E-state index in [1.807, 2.05) is 50.2 Å². The molecule has 0 radical (unpaired) electrons. The maximum Gasteiger partial charge on any atom is 0.267 e. The molecule has 0 fully saturated rings. The summed E-state index contributed by atoms with van der Waals surface area (Å²) >= 11 is 1.23. The van der Waals surface area contributed by atoms with E-state index < -0.39 is 5.82 Å². The van der Waals surface area contributed by atoms with Crippen LogP contribution in [-0.4, -0.2) is 30.7 Å². The molecule has 8 heteroatoms. The van der Waals surface area contributed by atoms with Gasteiger partial charge in [-0.25, -0.2) is 8.96 Å². The van der Waals surface area contributed by atoms with Crippen molar-refractivity contribution in [1.82, 2.24) is 19.2 Å². The zero-order chi connectivity index (χ0) is 23.1. The van der Waals surface area contributed by atoms with Gasteiger partial charge in [-0.1, -0.05) is 41.6 Å². The summed E-state index contributed by atoms with van der Waals surface area (Å²) in [5.41, 5.74) is 3.68. The third kappa shape index (κ3) is 3.72. The molecule has 0 aliphatic carbocycles. The van der Waals surface area contributed by atoms with Crippen LogP contribution in [0.1, 0.15) is 21.5 Å². The van der Waals surface area contributed by atoms with E-state index in [2.05, 4.69) is 10.2 Å². The van der Waals surface area contributed by atoms with E-state index in [4.69, 9.17) is 0 Å². The van der Waals surface area contributed by atoms with Crippen LogP contribution < -0.4 is 5.56 Å². The Labute approximate surface area is 192 Å². The molecule has 0 bridgehead atoms. The molecular formula is C25H19FN4O2S. The van der Waals surface area contributed by atoms with E-state index in [0.717, 1.165) is 16.8 Å². The van der Waals surface area contributed by atoms with Crippen molar-refractivity contribution in [3.8, 4) is 5.69 Å². The minimum Gasteiger partial charge on any atom is -0.293 e. The van der Waals surface area contributed by atoms with Crippen molar-refractivity contribution >= 4 is 34.2 Å².